The average Bonchev–Trinajstić information content (AvgIpc) is 2.66. The van der Waals surface area contributed by atoms with Crippen LogP contribution in [0.4, 0.5) is 4.39 Å². The molecule has 4 N–H and O–H groups in total. The maximum Gasteiger partial charge on any atom is 0.240 e. The Kier molecular flexibility index (Phi) is 8.60. The van der Waals surface area contributed by atoms with E-state index in [0.29, 0.717) is 0 Å². The van der Waals surface area contributed by atoms with E-state index in [1.807, 2.05) is 6.07 Å². The van der Waals surface area contributed by atoms with E-state index < -0.39 is 0 Å². The van der Waals surface area contributed by atoms with Crippen molar-refractivity contribution in [1.29, 1.82) is 0 Å². The highest BCUT2D eigenvalue weighted by Gasteiger charge is 2.10. The van der Waals surface area contributed by atoms with Gasteiger partial charge in [-0.1, -0.05) is 23.5 Å². The van der Waals surface area contributed by atoms with Gasteiger partial charge in [-0.2, -0.15) is 0 Å². The molecule has 100 valence electrons. The fourth-order valence-corrected chi connectivity index (χ4v) is 2.51. The van der Waals surface area contributed by atoms with E-state index in [9.17, 15) is 4.39 Å². The van der Waals surface area contributed by atoms with Crippen LogP contribution < -0.4 is 44.7 Å². The summed E-state index contributed by atoms with van der Waals surface area (Å²) in [6.07, 6.45) is 1.74. The van der Waals surface area contributed by atoms with Crippen LogP contribution in [0, 0.1) is 5.82 Å². The Morgan fingerprint density at radius 2 is 2.06 bits per heavy atom. The van der Waals surface area contributed by atoms with Gasteiger partial charge in [0.25, 0.3) is 0 Å². The normalized spacial score (nSPS) is 9.44. The minimum Gasteiger partial charge on any atom is -1.00 e. The summed E-state index contributed by atoms with van der Waals surface area (Å²) in [5.41, 5.74) is 6.03. The standard InChI is InChI=1S/C12H13FN2S.2BrH/c13-10-3-1-2-9(6-10)7-12-15-11(4-5-14)8-16-12;;/h1-3,6,8H,4-5,7,14H2;2*1H. The predicted molar refractivity (Wildman–Crippen MR) is 61.5 cm³/mol. The van der Waals surface area contributed by atoms with Gasteiger partial charge in [0.2, 0.25) is 5.01 Å². The lowest BCUT2D eigenvalue weighted by atomic mass is 10.1. The molecule has 1 aromatic heterocycles. The lowest BCUT2D eigenvalue weighted by Crippen LogP contribution is -3.00. The lowest BCUT2D eigenvalue weighted by Gasteiger charge is -1.94. The van der Waals surface area contributed by atoms with Crippen LogP contribution in [0.3, 0.4) is 0 Å². The van der Waals surface area contributed by atoms with E-state index in [-0.39, 0.29) is 39.8 Å². The molecule has 2 aromatic rings. The van der Waals surface area contributed by atoms with Crippen molar-refractivity contribution in [3.05, 3.63) is 51.7 Å². The molecule has 1 heterocycles. The third-order valence-corrected chi connectivity index (χ3v) is 3.28. The molecule has 2 nitrogen and oxygen atoms in total. The van der Waals surface area contributed by atoms with Gasteiger partial charge in [0.05, 0.1) is 24.8 Å². The second-order valence-electron chi connectivity index (χ2n) is 3.72. The molecule has 6 heteroatoms. The molecular weight excluding hydrogens is 383 g/mol. The van der Waals surface area contributed by atoms with Crippen molar-refractivity contribution < 1.29 is 49.1 Å². The van der Waals surface area contributed by atoms with Gasteiger partial charge in [-0.3, -0.25) is 0 Å². The molecule has 0 saturated heterocycles. The van der Waals surface area contributed by atoms with Crippen molar-refractivity contribution >= 4 is 11.3 Å². The first-order chi connectivity index (χ1) is 7.78. The van der Waals surface area contributed by atoms with E-state index in [1.165, 1.54) is 11.8 Å². The molecule has 0 atom stereocenters. The Bertz CT molecular complexity index is 477. The number of hydrogen-bond acceptors (Lipinski definition) is 1. The molecule has 18 heavy (non-hydrogen) atoms. The summed E-state index contributed by atoms with van der Waals surface area (Å²) in [7, 11) is 0. The van der Waals surface area contributed by atoms with E-state index in [0.717, 1.165) is 30.0 Å². The zero-order valence-electron chi connectivity index (χ0n) is 9.76. The topological polar surface area (TPSA) is 41.8 Å². The molecule has 1 aromatic carbocycles. The van der Waals surface area contributed by atoms with Gasteiger partial charge in [0.1, 0.15) is 5.82 Å². The Labute approximate surface area is 131 Å². The van der Waals surface area contributed by atoms with Crippen LogP contribution in [0.2, 0.25) is 0 Å². The zero-order valence-corrected chi connectivity index (χ0v) is 13.7. The molecule has 0 aliphatic rings. The van der Waals surface area contributed by atoms with Gasteiger partial charge in [-0.25, -0.2) is 9.37 Å². The molecule has 2 rings (SSSR count). The fraction of sp³-hybridized carbons (Fsp3) is 0.250. The molecule has 0 aliphatic heterocycles. The number of benzene rings is 1. The van der Waals surface area contributed by atoms with Gasteiger partial charge in [0.15, 0.2) is 5.69 Å². The third-order valence-electron chi connectivity index (χ3n) is 2.34. The van der Waals surface area contributed by atoms with Crippen molar-refractivity contribution in [1.82, 2.24) is 0 Å². The van der Waals surface area contributed by atoms with Crippen LogP contribution in [-0.4, -0.2) is 6.54 Å². The molecule has 0 aliphatic carbocycles. The number of nitrogens with one attached hydrogen (secondary N) is 1. The van der Waals surface area contributed by atoms with E-state index >= 15 is 0 Å². The second kappa shape index (κ2) is 8.74. The number of thiazole rings is 1. The zero-order chi connectivity index (χ0) is 11.4. The Morgan fingerprint density at radius 3 is 2.72 bits per heavy atom. The van der Waals surface area contributed by atoms with Gasteiger partial charge < -0.3 is 39.7 Å². The lowest BCUT2D eigenvalue weighted by molar-refractivity contribution is -0.408. The van der Waals surface area contributed by atoms with Crippen LogP contribution in [0.25, 0.3) is 0 Å². The smallest absolute Gasteiger partial charge is 0.240 e. The molecule has 0 amide bonds. The summed E-state index contributed by atoms with van der Waals surface area (Å²) >= 11 is 1.68. The minimum absolute atomic E-state index is 0. The maximum absolute atomic E-state index is 13.0. The molecule has 0 saturated carbocycles. The highest BCUT2D eigenvalue weighted by Crippen LogP contribution is 2.12. The van der Waals surface area contributed by atoms with Crippen molar-refractivity contribution in [2.24, 2.45) is 0 Å². The molecule has 0 unspecified atom stereocenters. The number of hydrogen-bond donors (Lipinski definition) is 1. The second-order valence-corrected chi connectivity index (χ2v) is 4.68. The minimum atomic E-state index is -0.174. The third kappa shape index (κ3) is 5.14. The van der Waals surface area contributed by atoms with Gasteiger partial charge >= 0.3 is 0 Å². The van der Waals surface area contributed by atoms with Crippen molar-refractivity contribution in [3.63, 3.8) is 0 Å². The van der Waals surface area contributed by atoms with Crippen LogP contribution in [0.1, 0.15) is 16.3 Å². The van der Waals surface area contributed by atoms with Crippen LogP contribution in [0.5, 0.6) is 0 Å². The van der Waals surface area contributed by atoms with E-state index in [4.69, 9.17) is 0 Å². The first kappa shape index (κ1) is 17.7. The first-order valence-corrected chi connectivity index (χ1v) is 6.18. The van der Waals surface area contributed by atoms with Crippen LogP contribution >= 0.6 is 11.3 Å². The van der Waals surface area contributed by atoms with Gasteiger partial charge in [-0.15, -0.1) is 0 Å². The largest absolute Gasteiger partial charge is 1.00 e. The monoisotopic (exact) mass is 396 g/mol. The van der Waals surface area contributed by atoms with Gasteiger partial charge in [-0.05, 0) is 17.7 Å². The van der Waals surface area contributed by atoms with Crippen molar-refractivity contribution in [2.75, 3.05) is 6.54 Å². The predicted octanol–water partition coefficient (Wildman–Crippen LogP) is -4.92. The summed E-state index contributed by atoms with van der Waals surface area (Å²) in [5, 5.41) is 3.27. The first-order valence-electron chi connectivity index (χ1n) is 5.30. The van der Waals surface area contributed by atoms with E-state index in [2.05, 4.69) is 16.1 Å². The maximum atomic E-state index is 13.0. The number of rotatable bonds is 4. The number of H-pyrrole nitrogens is 1. The Morgan fingerprint density at radius 1 is 1.28 bits per heavy atom. The summed E-state index contributed by atoms with van der Waals surface area (Å²) < 4.78 is 13.0. The number of aromatic amines is 1. The summed E-state index contributed by atoms with van der Waals surface area (Å²) in [5.74, 6) is -0.174. The Hall–Kier alpha value is -0.300. The highest BCUT2D eigenvalue weighted by molar-refractivity contribution is 7.09. The molecule has 0 radical (unpaired) electrons. The molecule has 0 fully saturated rings. The number of quaternary nitrogens is 1. The molecular formula is C12H15Br2FN2S. The average molecular weight is 398 g/mol. The highest BCUT2D eigenvalue weighted by atomic mass is 79.9. The van der Waals surface area contributed by atoms with Crippen LogP contribution in [-0.2, 0) is 12.8 Å². The van der Waals surface area contributed by atoms with Gasteiger partial charge in [0, 0.05) is 0 Å². The van der Waals surface area contributed by atoms with Crippen molar-refractivity contribution in [2.45, 2.75) is 12.8 Å². The Balaban J connectivity index is 0.00000144. The number of halogens is 3. The quantitative estimate of drug-likeness (QED) is 0.537. The summed E-state index contributed by atoms with van der Waals surface area (Å²) in [6, 6.07) is 6.73. The number of aromatic nitrogens is 1. The van der Waals surface area contributed by atoms with Crippen molar-refractivity contribution in [3.8, 4) is 0 Å². The van der Waals surface area contributed by atoms with Crippen LogP contribution in [0.15, 0.2) is 29.6 Å². The molecule has 0 spiro atoms. The molecule has 0 bridgehead atoms. The summed E-state index contributed by atoms with van der Waals surface area (Å²) in [4.78, 5) is 3.34. The summed E-state index contributed by atoms with van der Waals surface area (Å²) in [6.45, 7) is 0.895. The van der Waals surface area contributed by atoms with E-state index in [1.54, 1.807) is 23.5 Å². The fourth-order valence-electron chi connectivity index (χ4n) is 1.61. The SMILES string of the molecule is [Br-].[Br-].[NH3+]CCc1csc(Cc2cccc(F)c2)[nH+]1.